The first-order valence-electron chi connectivity index (χ1n) is 8.81. The van der Waals surface area contributed by atoms with E-state index in [2.05, 4.69) is 21.7 Å². The molecule has 0 fully saturated rings. The number of aryl methyl sites for hydroxylation is 1. The van der Waals surface area contributed by atoms with Gasteiger partial charge in [0, 0.05) is 30.6 Å². The summed E-state index contributed by atoms with van der Waals surface area (Å²) < 4.78 is 0. The fraction of sp³-hybridized carbons (Fsp3) is 0.211. The van der Waals surface area contributed by atoms with E-state index in [1.807, 2.05) is 25.3 Å². The minimum absolute atomic E-state index is 0.0976. The van der Waals surface area contributed by atoms with E-state index >= 15 is 0 Å². The summed E-state index contributed by atoms with van der Waals surface area (Å²) in [5.74, 6) is -0.512. The molecule has 10 nitrogen and oxygen atoms in total. The van der Waals surface area contributed by atoms with Gasteiger partial charge in [-0.1, -0.05) is 11.6 Å². The molecule has 2 aromatic carbocycles. The highest BCUT2D eigenvalue weighted by Gasteiger charge is 2.25. The molecule has 3 N–H and O–H groups in total. The Bertz CT molecular complexity index is 1120. The number of carbonyl (C=O) groups is 1. The van der Waals surface area contributed by atoms with E-state index < -0.39 is 27.1 Å². The number of nitrogens with one attached hydrogen (secondary N) is 3. The lowest BCUT2D eigenvalue weighted by Gasteiger charge is -2.10. The molecular formula is C19H19N5O5. The van der Waals surface area contributed by atoms with Crippen molar-refractivity contribution in [1.29, 1.82) is 0 Å². The van der Waals surface area contributed by atoms with Gasteiger partial charge in [-0.05, 0) is 37.1 Å². The molecular weight excluding hydrogens is 378 g/mol. The van der Waals surface area contributed by atoms with Crippen LogP contribution in [0.5, 0.6) is 0 Å². The standard InChI is InChI=1S/C19H19N5O5/c1-11-3-4-15-14(7-11)13(10-21-15)5-6-20-16-8-17(22-12(2)25)19(24(28)29)9-18(16)23(26)27/h3-4,7-10,20-21H,5-6H2,1-2H3,(H,22,25). The van der Waals surface area contributed by atoms with Crippen molar-refractivity contribution in [2.24, 2.45) is 0 Å². The fourth-order valence-corrected chi connectivity index (χ4v) is 3.14. The molecule has 10 heteroatoms. The van der Waals surface area contributed by atoms with Gasteiger partial charge < -0.3 is 15.6 Å². The summed E-state index contributed by atoms with van der Waals surface area (Å²) in [5, 5.41) is 29.0. The molecule has 0 saturated heterocycles. The van der Waals surface area contributed by atoms with Crippen LogP contribution in [-0.4, -0.2) is 27.3 Å². The molecule has 0 atom stereocenters. The van der Waals surface area contributed by atoms with Gasteiger partial charge >= 0.3 is 0 Å². The number of carbonyl (C=O) groups excluding carboxylic acids is 1. The fourth-order valence-electron chi connectivity index (χ4n) is 3.14. The number of nitro benzene ring substituents is 2. The first kappa shape index (κ1) is 19.8. The van der Waals surface area contributed by atoms with Crippen molar-refractivity contribution in [3.63, 3.8) is 0 Å². The Kier molecular flexibility index (Phi) is 5.44. The van der Waals surface area contributed by atoms with Gasteiger partial charge in [0.15, 0.2) is 0 Å². The largest absolute Gasteiger partial charge is 0.379 e. The normalized spacial score (nSPS) is 10.7. The van der Waals surface area contributed by atoms with Crippen molar-refractivity contribution < 1.29 is 14.6 Å². The van der Waals surface area contributed by atoms with E-state index in [0.717, 1.165) is 28.1 Å². The van der Waals surface area contributed by atoms with E-state index in [-0.39, 0.29) is 11.4 Å². The molecule has 3 aromatic rings. The van der Waals surface area contributed by atoms with Gasteiger partial charge in [-0.3, -0.25) is 25.0 Å². The van der Waals surface area contributed by atoms with Crippen molar-refractivity contribution in [3.8, 4) is 0 Å². The number of H-pyrrole nitrogens is 1. The van der Waals surface area contributed by atoms with Crippen LogP contribution in [0.3, 0.4) is 0 Å². The van der Waals surface area contributed by atoms with Crippen LogP contribution < -0.4 is 10.6 Å². The molecule has 1 aromatic heterocycles. The molecule has 0 radical (unpaired) electrons. The number of benzene rings is 2. The Morgan fingerprint density at radius 3 is 2.41 bits per heavy atom. The lowest BCUT2D eigenvalue weighted by Crippen LogP contribution is -2.11. The number of hydrogen-bond acceptors (Lipinski definition) is 6. The van der Waals surface area contributed by atoms with Gasteiger partial charge in [0.25, 0.3) is 11.4 Å². The number of nitro groups is 2. The van der Waals surface area contributed by atoms with Crippen LogP contribution in [-0.2, 0) is 11.2 Å². The molecule has 1 amide bonds. The van der Waals surface area contributed by atoms with E-state index in [9.17, 15) is 25.0 Å². The molecule has 0 aliphatic rings. The van der Waals surface area contributed by atoms with Crippen LogP contribution in [0.2, 0.25) is 0 Å². The molecule has 1 heterocycles. The number of amides is 1. The first-order valence-corrected chi connectivity index (χ1v) is 8.81. The van der Waals surface area contributed by atoms with Crippen molar-refractivity contribution >= 4 is 39.6 Å². The van der Waals surface area contributed by atoms with Gasteiger partial charge in [-0.2, -0.15) is 0 Å². The highest BCUT2D eigenvalue weighted by molar-refractivity contribution is 5.93. The van der Waals surface area contributed by atoms with Crippen LogP contribution in [0.25, 0.3) is 10.9 Å². The third kappa shape index (κ3) is 4.32. The van der Waals surface area contributed by atoms with Crippen LogP contribution in [0.1, 0.15) is 18.1 Å². The highest BCUT2D eigenvalue weighted by Crippen LogP contribution is 2.36. The van der Waals surface area contributed by atoms with Crippen LogP contribution >= 0.6 is 0 Å². The molecule has 0 unspecified atom stereocenters. The predicted molar refractivity (Wildman–Crippen MR) is 109 cm³/mol. The van der Waals surface area contributed by atoms with E-state index in [1.54, 1.807) is 0 Å². The van der Waals surface area contributed by atoms with Crippen molar-refractivity contribution in [2.45, 2.75) is 20.3 Å². The second-order valence-electron chi connectivity index (χ2n) is 6.62. The minimum atomic E-state index is -0.768. The summed E-state index contributed by atoms with van der Waals surface area (Å²) in [5.41, 5.74) is 2.20. The predicted octanol–water partition coefficient (Wildman–Crippen LogP) is 3.91. The summed E-state index contributed by atoms with van der Waals surface area (Å²) in [6, 6.07) is 8.12. The molecule has 29 heavy (non-hydrogen) atoms. The smallest absolute Gasteiger partial charge is 0.299 e. The van der Waals surface area contributed by atoms with Gasteiger partial charge in [-0.25, -0.2) is 0 Å². The summed E-state index contributed by atoms with van der Waals surface area (Å²) in [6.45, 7) is 3.56. The average Bonchev–Trinajstić information content (AvgIpc) is 3.03. The van der Waals surface area contributed by atoms with E-state index in [1.165, 1.54) is 13.0 Å². The molecule has 150 valence electrons. The average molecular weight is 397 g/mol. The Morgan fingerprint density at radius 2 is 1.76 bits per heavy atom. The number of rotatable bonds is 7. The zero-order valence-corrected chi connectivity index (χ0v) is 15.8. The minimum Gasteiger partial charge on any atom is -0.379 e. The maximum Gasteiger partial charge on any atom is 0.299 e. The number of fused-ring (bicyclic) bond motifs is 1. The SMILES string of the molecule is CC(=O)Nc1cc(NCCc2c[nH]c3ccc(C)cc23)c([N+](=O)[O-])cc1[N+](=O)[O-]. The lowest BCUT2D eigenvalue weighted by molar-refractivity contribution is -0.393. The number of aromatic nitrogens is 1. The Balaban J connectivity index is 1.86. The third-order valence-corrected chi connectivity index (χ3v) is 4.45. The zero-order chi connectivity index (χ0) is 21.1. The second-order valence-corrected chi connectivity index (χ2v) is 6.62. The quantitative estimate of drug-likeness (QED) is 0.407. The summed E-state index contributed by atoms with van der Waals surface area (Å²) in [4.78, 5) is 35.7. The second kappa shape index (κ2) is 7.97. The molecule has 0 saturated carbocycles. The molecule has 0 spiro atoms. The maximum atomic E-state index is 11.4. The Morgan fingerprint density at radius 1 is 1.07 bits per heavy atom. The molecule has 0 aliphatic carbocycles. The topological polar surface area (TPSA) is 143 Å². The highest BCUT2D eigenvalue weighted by atomic mass is 16.6. The summed E-state index contributed by atoms with van der Waals surface area (Å²) in [6.07, 6.45) is 2.46. The van der Waals surface area contributed by atoms with E-state index in [4.69, 9.17) is 0 Å². The summed E-state index contributed by atoms with van der Waals surface area (Å²) >= 11 is 0. The van der Waals surface area contributed by atoms with E-state index in [0.29, 0.717) is 13.0 Å². The van der Waals surface area contributed by atoms with Gasteiger partial charge in [0.2, 0.25) is 5.91 Å². The van der Waals surface area contributed by atoms with Gasteiger partial charge in [-0.15, -0.1) is 0 Å². The van der Waals surface area contributed by atoms with Crippen LogP contribution in [0, 0.1) is 27.2 Å². The number of anilines is 2. The summed E-state index contributed by atoms with van der Waals surface area (Å²) in [7, 11) is 0. The number of aromatic amines is 1. The van der Waals surface area contributed by atoms with Crippen LogP contribution in [0.15, 0.2) is 36.5 Å². The zero-order valence-electron chi connectivity index (χ0n) is 15.8. The van der Waals surface area contributed by atoms with Crippen molar-refractivity contribution in [3.05, 3.63) is 67.9 Å². The first-order chi connectivity index (χ1) is 13.8. The molecule has 0 bridgehead atoms. The third-order valence-electron chi connectivity index (χ3n) is 4.45. The van der Waals surface area contributed by atoms with Gasteiger partial charge in [0.1, 0.15) is 11.4 Å². The Hall–Kier alpha value is -3.95. The van der Waals surface area contributed by atoms with Gasteiger partial charge in [0.05, 0.1) is 15.9 Å². The number of nitrogens with zero attached hydrogens (tertiary/aromatic N) is 2. The Labute approximate surface area is 165 Å². The van der Waals surface area contributed by atoms with Crippen molar-refractivity contribution in [2.75, 3.05) is 17.2 Å². The number of hydrogen-bond donors (Lipinski definition) is 3. The van der Waals surface area contributed by atoms with Crippen molar-refractivity contribution in [1.82, 2.24) is 4.98 Å². The lowest BCUT2D eigenvalue weighted by atomic mass is 10.1. The maximum absolute atomic E-state index is 11.4. The monoisotopic (exact) mass is 397 g/mol. The molecule has 0 aliphatic heterocycles. The molecule has 3 rings (SSSR count). The van der Waals surface area contributed by atoms with Crippen LogP contribution in [0.4, 0.5) is 22.7 Å².